The highest BCUT2D eigenvalue weighted by Crippen LogP contribution is 2.24. The van der Waals surface area contributed by atoms with Crippen LogP contribution in [0.4, 0.5) is 5.69 Å². The summed E-state index contributed by atoms with van der Waals surface area (Å²) in [7, 11) is 0. The van der Waals surface area contributed by atoms with Crippen molar-refractivity contribution >= 4 is 11.6 Å². The molecule has 1 aromatic carbocycles. The molecule has 15 heavy (non-hydrogen) atoms. The highest BCUT2D eigenvalue weighted by molar-refractivity contribution is 5.90. The minimum atomic E-state index is -0.169. The lowest BCUT2D eigenvalue weighted by molar-refractivity contribution is -0.114. The summed E-state index contributed by atoms with van der Waals surface area (Å²) in [6, 6.07) is 5.33. The van der Waals surface area contributed by atoms with Crippen LogP contribution in [0.3, 0.4) is 0 Å². The summed E-state index contributed by atoms with van der Waals surface area (Å²) in [5.41, 5.74) is 1.63. The Kier molecular flexibility index (Phi) is 4.16. The SMILES string of the molecule is CCCCc1ccc(O)c(NC(C)=O)c1. The van der Waals surface area contributed by atoms with Gasteiger partial charge in [0.2, 0.25) is 5.91 Å². The van der Waals surface area contributed by atoms with Crippen LogP contribution < -0.4 is 5.32 Å². The van der Waals surface area contributed by atoms with E-state index in [2.05, 4.69) is 12.2 Å². The van der Waals surface area contributed by atoms with Gasteiger partial charge in [0.1, 0.15) is 5.75 Å². The van der Waals surface area contributed by atoms with Crippen LogP contribution in [0.1, 0.15) is 32.3 Å². The third-order valence-corrected chi connectivity index (χ3v) is 2.19. The standard InChI is InChI=1S/C12H17NO2/c1-3-4-5-10-6-7-12(15)11(8-10)13-9(2)14/h6-8,15H,3-5H2,1-2H3,(H,13,14). The van der Waals surface area contributed by atoms with Crippen LogP contribution in [0.5, 0.6) is 5.75 Å². The van der Waals surface area contributed by atoms with Crippen LogP contribution >= 0.6 is 0 Å². The molecule has 82 valence electrons. The lowest BCUT2D eigenvalue weighted by atomic mass is 10.1. The predicted molar refractivity (Wildman–Crippen MR) is 61.0 cm³/mol. The van der Waals surface area contributed by atoms with Gasteiger partial charge in [0.25, 0.3) is 0 Å². The average Bonchev–Trinajstić information content (AvgIpc) is 2.18. The topological polar surface area (TPSA) is 49.3 Å². The molecule has 1 amide bonds. The summed E-state index contributed by atoms with van der Waals surface area (Å²) < 4.78 is 0. The van der Waals surface area contributed by atoms with Crippen LogP contribution in [0.25, 0.3) is 0 Å². The molecule has 0 radical (unpaired) electrons. The Morgan fingerprint density at radius 2 is 2.20 bits per heavy atom. The first-order valence-electron chi connectivity index (χ1n) is 5.23. The summed E-state index contributed by atoms with van der Waals surface area (Å²) in [6.45, 7) is 3.56. The van der Waals surface area contributed by atoms with Gasteiger partial charge in [-0.2, -0.15) is 0 Å². The zero-order chi connectivity index (χ0) is 11.3. The molecule has 3 nitrogen and oxygen atoms in total. The Hall–Kier alpha value is -1.51. The van der Waals surface area contributed by atoms with Gasteiger partial charge in [-0.15, -0.1) is 0 Å². The Morgan fingerprint density at radius 3 is 2.80 bits per heavy atom. The quantitative estimate of drug-likeness (QED) is 0.746. The number of carbonyl (C=O) groups excluding carboxylic acids is 1. The third-order valence-electron chi connectivity index (χ3n) is 2.19. The molecule has 0 saturated heterocycles. The molecule has 0 atom stereocenters. The Balaban J connectivity index is 2.80. The maximum atomic E-state index is 10.9. The van der Waals surface area contributed by atoms with Crippen molar-refractivity contribution in [2.45, 2.75) is 33.1 Å². The number of aryl methyl sites for hydroxylation is 1. The van der Waals surface area contributed by atoms with Gasteiger partial charge in [0.05, 0.1) is 5.69 Å². The highest BCUT2D eigenvalue weighted by Gasteiger charge is 2.03. The van der Waals surface area contributed by atoms with Gasteiger partial charge in [-0.05, 0) is 30.5 Å². The zero-order valence-corrected chi connectivity index (χ0v) is 9.21. The van der Waals surface area contributed by atoms with Crippen LogP contribution in [-0.2, 0) is 11.2 Å². The normalized spacial score (nSPS) is 10.0. The number of hydrogen-bond donors (Lipinski definition) is 2. The van der Waals surface area contributed by atoms with Gasteiger partial charge < -0.3 is 10.4 Å². The van der Waals surface area contributed by atoms with Crippen LogP contribution in [0, 0.1) is 0 Å². The lowest BCUT2D eigenvalue weighted by Gasteiger charge is -2.07. The number of amides is 1. The Morgan fingerprint density at radius 1 is 1.47 bits per heavy atom. The molecule has 0 unspecified atom stereocenters. The maximum Gasteiger partial charge on any atom is 0.221 e. The lowest BCUT2D eigenvalue weighted by Crippen LogP contribution is -2.06. The largest absolute Gasteiger partial charge is 0.506 e. The van der Waals surface area contributed by atoms with Crippen molar-refractivity contribution in [2.24, 2.45) is 0 Å². The number of hydrogen-bond acceptors (Lipinski definition) is 2. The number of phenolic OH excluding ortho intramolecular Hbond substituents is 1. The van der Waals surface area contributed by atoms with E-state index in [4.69, 9.17) is 0 Å². The number of anilines is 1. The van der Waals surface area contributed by atoms with Crippen molar-refractivity contribution in [3.63, 3.8) is 0 Å². The highest BCUT2D eigenvalue weighted by atomic mass is 16.3. The molecule has 0 heterocycles. The molecule has 1 rings (SSSR count). The van der Waals surface area contributed by atoms with Crippen molar-refractivity contribution in [2.75, 3.05) is 5.32 Å². The van der Waals surface area contributed by atoms with Gasteiger partial charge in [-0.25, -0.2) is 0 Å². The number of phenols is 1. The number of rotatable bonds is 4. The summed E-state index contributed by atoms with van der Waals surface area (Å²) in [4.78, 5) is 10.9. The molecule has 0 aliphatic carbocycles. The average molecular weight is 207 g/mol. The number of aromatic hydroxyl groups is 1. The van der Waals surface area contributed by atoms with E-state index in [-0.39, 0.29) is 11.7 Å². The van der Waals surface area contributed by atoms with Crippen LogP contribution in [0.15, 0.2) is 18.2 Å². The number of nitrogens with one attached hydrogen (secondary N) is 1. The number of benzene rings is 1. The zero-order valence-electron chi connectivity index (χ0n) is 9.21. The van der Waals surface area contributed by atoms with Gasteiger partial charge in [0, 0.05) is 6.92 Å². The molecule has 0 fully saturated rings. The predicted octanol–water partition coefficient (Wildman–Crippen LogP) is 2.69. The van der Waals surface area contributed by atoms with Crippen molar-refractivity contribution in [1.29, 1.82) is 0 Å². The van der Waals surface area contributed by atoms with E-state index in [0.29, 0.717) is 5.69 Å². The molecule has 2 N–H and O–H groups in total. The first kappa shape index (κ1) is 11.6. The first-order chi connectivity index (χ1) is 7.13. The summed E-state index contributed by atoms with van der Waals surface area (Å²) in [6.07, 6.45) is 3.23. The van der Waals surface area contributed by atoms with Crippen molar-refractivity contribution in [3.8, 4) is 5.75 Å². The summed E-state index contributed by atoms with van der Waals surface area (Å²) in [5.74, 6) is -0.0524. The molecule has 0 aromatic heterocycles. The fourth-order valence-electron chi connectivity index (χ4n) is 1.41. The fraction of sp³-hybridized carbons (Fsp3) is 0.417. The van der Waals surface area contributed by atoms with E-state index in [1.807, 2.05) is 12.1 Å². The molecule has 1 aromatic rings. The van der Waals surface area contributed by atoms with Crippen molar-refractivity contribution in [3.05, 3.63) is 23.8 Å². The Labute approximate surface area is 90.1 Å². The first-order valence-corrected chi connectivity index (χ1v) is 5.23. The monoisotopic (exact) mass is 207 g/mol. The minimum Gasteiger partial charge on any atom is -0.506 e. The second-order valence-electron chi connectivity index (χ2n) is 3.64. The molecule has 3 heteroatoms. The van der Waals surface area contributed by atoms with E-state index in [1.54, 1.807) is 6.07 Å². The Bertz CT molecular complexity index is 347. The third kappa shape index (κ3) is 3.62. The second kappa shape index (κ2) is 5.39. The molecular formula is C12H17NO2. The van der Waals surface area contributed by atoms with E-state index in [9.17, 15) is 9.90 Å². The maximum absolute atomic E-state index is 10.9. The molecule has 0 aliphatic heterocycles. The molecule has 0 spiro atoms. The number of carbonyl (C=O) groups is 1. The van der Waals surface area contributed by atoms with Crippen molar-refractivity contribution < 1.29 is 9.90 Å². The van der Waals surface area contributed by atoms with Gasteiger partial charge >= 0.3 is 0 Å². The van der Waals surface area contributed by atoms with E-state index < -0.39 is 0 Å². The smallest absolute Gasteiger partial charge is 0.221 e. The van der Waals surface area contributed by atoms with Gasteiger partial charge in [-0.1, -0.05) is 19.4 Å². The molecular weight excluding hydrogens is 190 g/mol. The van der Waals surface area contributed by atoms with E-state index in [0.717, 1.165) is 24.8 Å². The molecule has 0 bridgehead atoms. The summed E-state index contributed by atoms with van der Waals surface area (Å²) >= 11 is 0. The fourth-order valence-corrected chi connectivity index (χ4v) is 1.41. The minimum absolute atomic E-state index is 0.116. The second-order valence-corrected chi connectivity index (χ2v) is 3.64. The van der Waals surface area contributed by atoms with Crippen molar-refractivity contribution in [1.82, 2.24) is 0 Å². The van der Waals surface area contributed by atoms with Crippen LogP contribution in [0.2, 0.25) is 0 Å². The van der Waals surface area contributed by atoms with E-state index >= 15 is 0 Å². The van der Waals surface area contributed by atoms with Gasteiger partial charge in [-0.3, -0.25) is 4.79 Å². The van der Waals surface area contributed by atoms with E-state index in [1.165, 1.54) is 6.92 Å². The van der Waals surface area contributed by atoms with Gasteiger partial charge in [0.15, 0.2) is 0 Å². The molecule has 0 saturated carbocycles. The summed E-state index contributed by atoms with van der Waals surface area (Å²) in [5, 5.41) is 12.1. The molecule has 0 aliphatic rings. The number of unbranched alkanes of at least 4 members (excludes halogenated alkanes) is 1. The van der Waals surface area contributed by atoms with Crippen LogP contribution in [-0.4, -0.2) is 11.0 Å².